The zero-order valence-electron chi connectivity index (χ0n) is 6.74. The Hall–Kier alpha value is -0.510. The van der Waals surface area contributed by atoms with Gasteiger partial charge in [0.15, 0.2) is 0 Å². The standard InChI is InChI=1S/C8H8BrF2N/c1-5-3-6(9)4-12-7(5)8(2,10)11/h3-4H,1-2H3. The maximum Gasteiger partial charge on any atom is 0.287 e. The minimum atomic E-state index is -2.86. The summed E-state index contributed by atoms with van der Waals surface area (Å²) in [5.74, 6) is -2.86. The van der Waals surface area contributed by atoms with Gasteiger partial charge in [0.25, 0.3) is 5.92 Å². The number of halogens is 3. The first-order chi connectivity index (χ1) is 5.41. The van der Waals surface area contributed by atoms with Crippen molar-refractivity contribution < 1.29 is 8.78 Å². The van der Waals surface area contributed by atoms with Crippen molar-refractivity contribution in [1.29, 1.82) is 0 Å². The molecule has 0 aliphatic rings. The lowest BCUT2D eigenvalue weighted by atomic mass is 10.1. The normalized spacial score (nSPS) is 11.8. The predicted molar refractivity (Wildman–Crippen MR) is 46.2 cm³/mol. The fourth-order valence-corrected chi connectivity index (χ4v) is 1.45. The Morgan fingerprint density at radius 1 is 1.50 bits per heavy atom. The molecule has 0 radical (unpaired) electrons. The fourth-order valence-electron chi connectivity index (χ4n) is 1.00. The molecule has 0 amide bonds. The summed E-state index contributed by atoms with van der Waals surface area (Å²) in [7, 11) is 0. The van der Waals surface area contributed by atoms with E-state index in [1.54, 1.807) is 13.0 Å². The van der Waals surface area contributed by atoms with E-state index in [0.29, 0.717) is 10.0 Å². The quantitative estimate of drug-likeness (QED) is 0.729. The van der Waals surface area contributed by atoms with Gasteiger partial charge in [-0.3, -0.25) is 4.98 Å². The second kappa shape index (κ2) is 3.09. The summed E-state index contributed by atoms with van der Waals surface area (Å²) in [6.07, 6.45) is 1.37. The molecule has 0 saturated carbocycles. The zero-order chi connectivity index (χ0) is 9.35. The van der Waals surface area contributed by atoms with Crippen LogP contribution in [0.4, 0.5) is 8.78 Å². The zero-order valence-corrected chi connectivity index (χ0v) is 8.32. The summed E-state index contributed by atoms with van der Waals surface area (Å²) in [5, 5.41) is 0. The van der Waals surface area contributed by atoms with Crippen molar-refractivity contribution in [3.63, 3.8) is 0 Å². The Kier molecular flexibility index (Phi) is 2.46. The van der Waals surface area contributed by atoms with Crippen LogP contribution in [0.3, 0.4) is 0 Å². The highest BCUT2D eigenvalue weighted by Crippen LogP contribution is 2.28. The van der Waals surface area contributed by atoms with Gasteiger partial charge >= 0.3 is 0 Å². The van der Waals surface area contributed by atoms with Crippen molar-refractivity contribution in [2.75, 3.05) is 0 Å². The summed E-state index contributed by atoms with van der Waals surface area (Å²) in [4.78, 5) is 3.65. The number of rotatable bonds is 1. The van der Waals surface area contributed by atoms with E-state index in [4.69, 9.17) is 0 Å². The fraction of sp³-hybridized carbons (Fsp3) is 0.375. The van der Waals surface area contributed by atoms with Crippen LogP contribution in [0.1, 0.15) is 18.2 Å². The molecular weight excluding hydrogens is 228 g/mol. The van der Waals surface area contributed by atoms with E-state index in [0.717, 1.165) is 6.92 Å². The van der Waals surface area contributed by atoms with Gasteiger partial charge in [-0.2, -0.15) is 8.78 Å². The van der Waals surface area contributed by atoms with Crippen molar-refractivity contribution in [2.45, 2.75) is 19.8 Å². The molecule has 0 bridgehead atoms. The number of alkyl halides is 2. The maximum absolute atomic E-state index is 12.8. The first kappa shape index (κ1) is 9.58. The van der Waals surface area contributed by atoms with Gasteiger partial charge in [-0.25, -0.2) is 0 Å². The molecule has 12 heavy (non-hydrogen) atoms. The van der Waals surface area contributed by atoms with Crippen LogP contribution in [0.15, 0.2) is 16.7 Å². The van der Waals surface area contributed by atoms with Crippen LogP contribution in [0.25, 0.3) is 0 Å². The van der Waals surface area contributed by atoms with Gasteiger partial charge in [0.05, 0.1) is 0 Å². The molecule has 0 N–H and O–H groups in total. The summed E-state index contributed by atoms with van der Waals surface area (Å²) < 4.78 is 26.3. The van der Waals surface area contributed by atoms with E-state index in [9.17, 15) is 8.78 Å². The van der Waals surface area contributed by atoms with Crippen LogP contribution in [0.2, 0.25) is 0 Å². The van der Waals surface area contributed by atoms with Crippen molar-refractivity contribution in [1.82, 2.24) is 4.98 Å². The minimum absolute atomic E-state index is 0.161. The van der Waals surface area contributed by atoms with E-state index in [1.807, 2.05) is 0 Å². The minimum Gasteiger partial charge on any atom is -0.254 e. The molecule has 0 atom stereocenters. The lowest BCUT2D eigenvalue weighted by molar-refractivity contribution is 0.0120. The maximum atomic E-state index is 12.8. The van der Waals surface area contributed by atoms with Crippen LogP contribution < -0.4 is 0 Å². The Bertz CT molecular complexity index is 294. The first-order valence-corrected chi connectivity index (χ1v) is 4.21. The van der Waals surface area contributed by atoms with E-state index in [1.165, 1.54) is 6.20 Å². The molecule has 4 heteroatoms. The van der Waals surface area contributed by atoms with Crippen molar-refractivity contribution in [3.8, 4) is 0 Å². The van der Waals surface area contributed by atoms with Gasteiger partial charge < -0.3 is 0 Å². The van der Waals surface area contributed by atoms with Gasteiger partial charge in [-0.15, -0.1) is 0 Å². The van der Waals surface area contributed by atoms with E-state index >= 15 is 0 Å². The molecule has 0 aliphatic carbocycles. The third-order valence-corrected chi connectivity index (χ3v) is 1.89. The molecule has 0 spiro atoms. The van der Waals surface area contributed by atoms with Crippen molar-refractivity contribution in [2.24, 2.45) is 0 Å². The first-order valence-electron chi connectivity index (χ1n) is 3.41. The monoisotopic (exact) mass is 235 g/mol. The van der Waals surface area contributed by atoms with Crippen LogP contribution in [-0.4, -0.2) is 4.98 Å². The number of pyridine rings is 1. The molecule has 1 heterocycles. The highest BCUT2D eigenvalue weighted by atomic mass is 79.9. The van der Waals surface area contributed by atoms with E-state index < -0.39 is 5.92 Å². The van der Waals surface area contributed by atoms with Crippen LogP contribution in [0.5, 0.6) is 0 Å². The number of aromatic nitrogens is 1. The summed E-state index contributed by atoms with van der Waals surface area (Å²) in [5.41, 5.74) is 0.336. The molecule has 66 valence electrons. The van der Waals surface area contributed by atoms with Crippen LogP contribution in [0, 0.1) is 6.92 Å². The van der Waals surface area contributed by atoms with Gasteiger partial charge in [0, 0.05) is 17.6 Å². The molecule has 0 saturated heterocycles. The largest absolute Gasteiger partial charge is 0.287 e. The molecule has 0 aliphatic heterocycles. The average molecular weight is 236 g/mol. The van der Waals surface area contributed by atoms with Crippen molar-refractivity contribution in [3.05, 3.63) is 28.0 Å². The SMILES string of the molecule is Cc1cc(Br)cnc1C(C)(F)F. The average Bonchev–Trinajstić information content (AvgIpc) is 1.83. The van der Waals surface area contributed by atoms with Gasteiger partial charge in [0.1, 0.15) is 5.69 Å². The topological polar surface area (TPSA) is 12.9 Å². The third kappa shape index (κ3) is 2.00. The van der Waals surface area contributed by atoms with Crippen molar-refractivity contribution >= 4 is 15.9 Å². The second-order valence-electron chi connectivity index (χ2n) is 2.71. The summed E-state index contributed by atoms with van der Waals surface area (Å²) in [6.45, 7) is 2.46. The molecule has 1 rings (SSSR count). The van der Waals surface area contributed by atoms with Gasteiger partial charge in [-0.05, 0) is 34.5 Å². The molecule has 1 nitrogen and oxygen atoms in total. The highest BCUT2D eigenvalue weighted by molar-refractivity contribution is 9.10. The van der Waals surface area contributed by atoms with Gasteiger partial charge in [0.2, 0.25) is 0 Å². The Morgan fingerprint density at radius 2 is 2.08 bits per heavy atom. The molecular formula is C8H8BrF2N. The molecule has 1 aromatic rings. The molecule has 0 aromatic carbocycles. The Morgan fingerprint density at radius 3 is 2.50 bits per heavy atom. The summed E-state index contributed by atoms with van der Waals surface area (Å²) in [6, 6.07) is 1.62. The summed E-state index contributed by atoms with van der Waals surface area (Å²) >= 11 is 3.16. The lowest BCUT2D eigenvalue weighted by Crippen LogP contribution is -2.11. The molecule has 0 fully saturated rings. The Balaban J connectivity index is 3.19. The number of hydrogen-bond acceptors (Lipinski definition) is 1. The van der Waals surface area contributed by atoms with Crippen LogP contribution in [-0.2, 0) is 5.92 Å². The van der Waals surface area contributed by atoms with E-state index in [-0.39, 0.29) is 5.69 Å². The number of hydrogen-bond donors (Lipinski definition) is 0. The predicted octanol–water partition coefficient (Wildman–Crippen LogP) is 3.26. The number of nitrogens with zero attached hydrogens (tertiary/aromatic N) is 1. The molecule has 0 unspecified atom stereocenters. The van der Waals surface area contributed by atoms with Crippen LogP contribution >= 0.6 is 15.9 Å². The second-order valence-corrected chi connectivity index (χ2v) is 3.62. The third-order valence-electron chi connectivity index (χ3n) is 1.46. The Labute approximate surface area is 77.9 Å². The smallest absolute Gasteiger partial charge is 0.254 e. The molecule has 1 aromatic heterocycles. The number of aryl methyl sites for hydroxylation is 1. The van der Waals surface area contributed by atoms with E-state index in [2.05, 4.69) is 20.9 Å². The lowest BCUT2D eigenvalue weighted by Gasteiger charge is -2.11. The highest BCUT2D eigenvalue weighted by Gasteiger charge is 2.27. The van der Waals surface area contributed by atoms with Gasteiger partial charge in [-0.1, -0.05) is 0 Å².